The number of nitrogens with zero attached hydrogens (tertiary/aromatic N) is 3. The van der Waals surface area contributed by atoms with Gasteiger partial charge in [-0.15, -0.1) is 0 Å². The quantitative estimate of drug-likeness (QED) is 0.425. The number of rotatable bonds is 7. The monoisotopic (exact) mass is 379 g/mol. The first kappa shape index (κ1) is 19.7. The molecule has 2 aromatic heterocycles. The zero-order valence-corrected chi connectivity index (χ0v) is 15.8. The second-order valence-corrected chi connectivity index (χ2v) is 6.64. The van der Waals surface area contributed by atoms with Crippen molar-refractivity contribution in [1.29, 1.82) is 0 Å². The van der Waals surface area contributed by atoms with Gasteiger partial charge in [0.25, 0.3) is 5.56 Å². The first-order valence-electron chi connectivity index (χ1n) is 8.10. The summed E-state index contributed by atoms with van der Waals surface area (Å²) in [7, 11) is 1.62. The summed E-state index contributed by atoms with van der Waals surface area (Å²) in [5, 5.41) is 6.58. The van der Waals surface area contributed by atoms with E-state index in [1.165, 1.54) is 16.9 Å². The molecule has 0 aliphatic carbocycles. The van der Waals surface area contributed by atoms with Gasteiger partial charge in [-0.1, -0.05) is 18.7 Å². The van der Waals surface area contributed by atoms with E-state index in [9.17, 15) is 14.4 Å². The average molecular weight is 379 g/mol. The van der Waals surface area contributed by atoms with E-state index in [0.717, 1.165) is 11.8 Å². The zero-order chi connectivity index (χ0) is 19.3. The SMILES string of the molecule is CCOC(=O)c1cnn(C)c1NC(=O)C(CC)Sc1nc(C)cc(=O)[nH]1. The summed E-state index contributed by atoms with van der Waals surface area (Å²) in [6.45, 7) is 5.48. The summed E-state index contributed by atoms with van der Waals surface area (Å²) in [5.74, 6) is -0.615. The third-order valence-corrected chi connectivity index (χ3v) is 4.69. The predicted molar refractivity (Wildman–Crippen MR) is 97.3 cm³/mol. The Labute approximate surface area is 154 Å². The highest BCUT2D eigenvalue weighted by Gasteiger charge is 2.24. The van der Waals surface area contributed by atoms with Crippen LogP contribution in [0.1, 0.15) is 36.3 Å². The van der Waals surface area contributed by atoms with Crippen LogP contribution in [0.25, 0.3) is 0 Å². The molecular formula is C16H21N5O4S. The number of nitrogens with one attached hydrogen (secondary N) is 2. The van der Waals surface area contributed by atoms with Gasteiger partial charge in [-0.2, -0.15) is 5.10 Å². The Morgan fingerprint density at radius 3 is 2.77 bits per heavy atom. The molecule has 2 N–H and O–H groups in total. The van der Waals surface area contributed by atoms with E-state index in [-0.39, 0.29) is 29.5 Å². The molecule has 0 aliphatic rings. The maximum Gasteiger partial charge on any atom is 0.343 e. The number of aryl methyl sites for hydroxylation is 2. The summed E-state index contributed by atoms with van der Waals surface area (Å²) in [6, 6.07) is 1.38. The van der Waals surface area contributed by atoms with Crippen molar-refractivity contribution in [2.45, 2.75) is 37.6 Å². The van der Waals surface area contributed by atoms with Gasteiger partial charge in [0.1, 0.15) is 11.4 Å². The van der Waals surface area contributed by atoms with Gasteiger partial charge >= 0.3 is 5.97 Å². The average Bonchev–Trinajstić information content (AvgIpc) is 2.92. The molecule has 0 saturated heterocycles. The Kier molecular flexibility index (Phi) is 6.56. The van der Waals surface area contributed by atoms with Crippen molar-refractivity contribution >= 4 is 29.5 Å². The number of amides is 1. The number of carbonyl (C=O) groups is 2. The molecule has 0 aromatic carbocycles. The first-order valence-corrected chi connectivity index (χ1v) is 8.98. The molecule has 2 heterocycles. The van der Waals surface area contributed by atoms with Crippen LogP contribution in [0.15, 0.2) is 22.2 Å². The van der Waals surface area contributed by atoms with E-state index in [1.54, 1.807) is 20.9 Å². The minimum atomic E-state index is -0.554. The number of hydrogen-bond acceptors (Lipinski definition) is 7. The number of ether oxygens (including phenoxy) is 1. The van der Waals surface area contributed by atoms with Crippen LogP contribution in [-0.2, 0) is 16.6 Å². The van der Waals surface area contributed by atoms with Gasteiger partial charge in [0.2, 0.25) is 5.91 Å². The second-order valence-electron chi connectivity index (χ2n) is 5.45. The van der Waals surface area contributed by atoms with Crippen LogP contribution in [0.3, 0.4) is 0 Å². The number of aromatic amines is 1. The molecule has 0 aliphatic heterocycles. The van der Waals surface area contributed by atoms with Crippen LogP contribution in [0.5, 0.6) is 0 Å². The van der Waals surface area contributed by atoms with Crippen LogP contribution in [-0.4, -0.2) is 43.5 Å². The topological polar surface area (TPSA) is 119 Å². The van der Waals surface area contributed by atoms with E-state index in [1.807, 2.05) is 6.92 Å². The number of carbonyl (C=O) groups excluding carboxylic acids is 2. The van der Waals surface area contributed by atoms with Gasteiger partial charge < -0.3 is 15.0 Å². The number of thioether (sulfide) groups is 1. The molecule has 10 heteroatoms. The van der Waals surface area contributed by atoms with Crippen LogP contribution >= 0.6 is 11.8 Å². The maximum absolute atomic E-state index is 12.7. The molecule has 1 amide bonds. The predicted octanol–water partition coefficient (Wildman–Crippen LogP) is 1.50. The lowest BCUT2D eigenvalue weighted by Crippen LogP contribution is -2.27. The van der Waals surface area contributed by atoms with E-state index in [4.69, 9.17) is 4.74 Å². The third-order valence-electron chi connectivity index (χ3n) is 3.44. The Bertz CT molecular complexity index is 861. The molecule has 1 unspecified atom stereocenters. The highest BCUT2D eigenvalue weighted by atomic mass is 32.2. The molecule has 0 saturated carbocycles. The highest BCUT2D eigenvalue weighted by Crippen LogP contribution is 2.24. The fourth-order valence-corrected chi connectivity index (χ4v) is 3.16. The van der Waals surface area contributed by atoms with E-state index >= 15 is 0 Å². The largest absolute Gasteiger partial charge is 0.462 e. The molecule has 1 atom stereocenters. The van der Waals surface area contributed by atoms with E-state index < -0.39 is 11.2 Å². The van der Waals surface area contributed by atoms with E-state index in [2.05, 4.69) is 20.4 Å². The lowest BCUT2D eigenvalue weighted by molar-refractivity contribution is -0.115. The normalized spacial score (nSPS) is 11.8. The molecule has 26 heavy (non-hydrogen) atoms. The lowest BCUT2D eigenvalue weighted by atomic mass is 10.3. The van der Waals surface area contributed by atoms with Crippen molar-refractivity contribution in [2.75, 3.05) is 11.9 Å². The molecule has 0 spiro atoms. The maximum atomic E-state index is 12.7. The smallest absolute Gasteiger partial charge is 0.343 e. The summed E-state index contributed by atoms with van der Waals surface area (Å²) < 4.78 is 6.37. The fourth-order valence-electron chi connectivity index (χ4n) is 2.21. The summed E-state index contributed by atoms with van der Waals surface area (Å²) in [6.07, 6.45) is 1.85. The fraction of sp³-hybridized carbons (Fsp3) is 0.438. The van der Waals surface area contributed by atoms with Gasteiger partial charge in [-0.05, 0) is 20.3 Å². The molecule has 140 valence electrons. The first-order chi connectivity index (χ1) is 12.3. The molecule has 2 rings (SSSR count). The van der Waals surface area contributed by atoms with Crippen molar-refractivity contribution < 1.29 is 14.3 Å². The van der Waals surface area contributed by atoms with Crippen LogP contribution in [0.2, 0.25) is 0 Å². The summed E-state index contributed by atoms with van der Waals surface area (Å²) in [4.78, 5) is 43.0. The van der Waals surface area contributed by atoms with Crippen LogP contribution < -0.4 is 10.9 Å². The lowest BCUT2D eigenvalue weighted by Gasteiger charge is -2.15. The molecule has 0 radical (unpaired) electrons. The Morgan fingerprint density at radius 2 is 2.15 bits per heavy atom. The van der Waals surface area contributed by atoms with Gasteiger partial charge in [-0.25, -0.2) is 9.78 Å². The minimum Gasteiger partial charge on any atom is -0.462 e. The summed E-state index contributed by atoms with van der Waals surface area (Å²) in [5.41, 5.74) is 0.485. The zero-order valence-electron chi connectivity index (χ0n) is 15.0. The standard InChI is InChI=1S/C16H21N5O4S/c1-5-11(26-16-18-9(3)7-12(22)19-16)14(23)20-13-10(8-17-21(13)4)15(24)25-6-2/h7-8,11H,5-6H2,1-4H3,(H,20,23)(H,18,19,22). The molecule has 9 nitrogen and oxygen atoms in total. The molecular weight excluding hydrogens is 358 g/mol. The van der Waals surface area contributed by atoms with E-state index in [0.29, 0.717) is 17.3 Å². The summed E-state index contributed by atoms with van der Waals surface area (Å²) >= 11 is 1.15. The van der Waals surface area contributed by atoms with Crippen LogP contribution in [0, 0.1) is 6.92 Å². The molecule has 0 bridgehead atoms. The van der Waals surface area contributed by atoms with Crippen LogP contribution in [0.4, 0.5) is 5.82 Å². The molecule has 2 aromatic rings. The number of anilines is 1. The van der Waals surface area contributed by atoms with Crippen molar-refractivity contribution in [1.82, 2.24) is 19.7 Å². The molecule has 0 fully saturated rings. The number of H-pyrrole nitrogens is 1. The van der Waals surface area contributed by atoms with Crippen molar-refractivity contribution in [3.8, 4) is 0 Å². The van der Waals surface area contributed by atoms with Crippen molar-refractivity contribution in [3.63, 3.8) is 0 Å². The van der Waals surface area contributed by atoms with Crippen molar-refractivity contribution in [3.05, 3.63) is 33.9 Å². The number of aromatic nitrogens is 4. The number of hydrogen-bond donors (Lipinski definition) is 2. The van der Waals surface area contributed by atoms with Crippen molar-refractivity contribution in [2.24, 2.45) is 7.05 Å². The Morgan fingerprint density at radius 1 is 1.42 bits per heavy atom. The minimum absolute atomic E-state index is 0.185. The van der Waals surface area contributed by atoms with Gasteiger partial charge in [0.15, 0.2) is 5.16 Å². The van der Waals surface area contributed by atoms with Gasteiger partial charge in [0.05, 0.1) is 18.1 Å². The third kappa shape index (κ3) is 4.72. The highest BCUT2D eigenvalue weighted by molar-refractivity contribution is 8.00. The van der Waals surface area contributed by atoms with Gasteiger partial charge in [0, 0.05) is 18.8 Å². The van der Waals surface area contributed by atoms with Gasteiger partial charge in [-0.3, -0.25) is 14.3 Å². The Balaban J connectivity index is 2.18. The second kappa shape index (κ2) is 8.65. The Hall–Kier alpha value is -2.62. The number of esters is 1.